The number of nitrogens with one attached hydrogen (secondary N) is 1. The summed E-state index contributed by atoms with van der Waals surface area (Å²) in [5, 5.41) is 2.34. The lowest BCUT2D eigenvalue weighted by Gasteiger charge is -2.32. The number of halogens is 3. The first-order valence-electron chi connectivity index (χ1n) is 11.3. The highest BCUT2D eigenvalue weighted by molar-refractivity contribution is 5.93. The molecule has 1 heterocycles. The molecular formula is C25H30F3N3O4. The molecule has 0 saturated carbocycles. The second-order valence-electron chi connectivity index (χ2n) is 8.79. The molecule has 35 heavy (non-hydrogen) atoms. The minimum Gasteiger partial charge on any atom is -0.493 e. The highest BCUT2D eigenvalue weighted by Gasteiger charge is 2.34. The van der Waals surface area contributed by atoms with Crippen molar-refractivity contribution in [2.75, 3.05) is 39.2 Å². The maximum absolute atomic E-state index is 13.3. The number of amides is 3. The maximum atomic E-state index is 13.3. The minimum atomic E-state index is -4.62. The number of nitrogens with zero attached hydrogens (tertiary/aromatic N) is 2. The van der Waals surface area contributed by atoms with Gasteiger partial charge in [-0.15, -0.1) is 0 Å². The molecular weight excluding hydrogens is 463 g/mol. The average Bonchev–Trinajstić information content (AvgIpc) is 2.81. The SMILES string of the molecule is COc1cc2c(cc1OC)CN(C(=O)CN(CC(C)C)C(=O)Nc1ccccc1C(F)(F)F)CC2. The summed E-state index contributed by atoms with van der Waals surface area (Å²) in [6.07, 6.45) is -4.01. The van der Waals surface area contributed by atoms with Gasteiger partial charge in [0.2, 0.25) is 5.91 Å². The van der Waals surface area contributed by atoms with E-state index in [-0.39, 0.29) is 30.6 Å². The molecule has 0 fully saturated rings. The third kappa shape index (κ3) is 6.37. The first-order chi connectivity index (χ1) is 16.5. The Hall–Kier alpha value is -3.43. The van der Waals surface area contributed by atoms with Crippen molar-refractivity contribution in [2.24, 2.45) is 5.92 Å². The number of alkyl halides is 3. The van der Waals surface area contributed by atoms with Gasteiger partial charge >= 0.3 is 12.2 Å². The fraction of sp³-hybridized carbons (Fsp3) is 0.440. The van der Waals surface area contributed by atoms with E-state index >= 15 is 0 Å². The van der Waals surface area contributed by atoms with Gasteiger partial charge in [0.25, 0.3) is 0 Å². The number of fused-ring (bicyclic) bond motifs is 1. The van der Waals surface area contributed by atoms with Crippen molar-refractivity contribution in [2.45, 2.75) is 33.0 Å². The van der Waals surface area contributed by atoms with Crippen molar-refractivity contribution >= 4 is 17.6 Å². The van der Waals surface area contributed by atoms with Gasteiger partial charge in [0.05, 0.1) is 25.5 Å². The number of rotatable bonds is 7. The normalized spacial score (nSPS) is 13.3. The van der Waals surface area contributed by atoms with Gasteiger partial charge < -0.3 is 24.6 Å². The number of anilines is 1. The average molecular weight is 494 g/mol. The van der Waals surface area contributed by atoms with Gasteiger partial charge in [-0.2, -0.15) is 13.2 Å². The molecule has 0 aromatic heterocycles. The van der Waals surface area contributed by atoms with Crippen LogP contribution >= 0.6 is 0 Å². The molecule has 1 aliphatic rings. The van der Waals surface area contributed by atoms with E-state index in [4.69, 9.17) is 9.47 Å². The van der Waals surface area contributed by atoms with Crippen LogP contribution in [-0.2, 0) is 23.9 Å². The van der Waals surface area contributed by atoms with Gasteiger partial charge in [-0.05, 0) is 47.7 Å². The van der Waals surface area contributed by atoms with E-state index in [1.54, 1.807) is 12.0 Å². The zero-order valence-corrected chi connectivity index (χ0v) is 20.2. The molecule has 3 amide bonds. The fourth-order valence-electron chi connectivity index (χ4n) is 4.05. The van der Waals surface area contributed by atoms with Crippen molar-refractivity contribution in [3.63, 3.8) is 0 Å². The Bertz CT molecular complexity index is 1070. The monoisotopic (exact) mass is 493 g/mol. The summed E-state index contributed by atoms with van der Waals surface area (Å²) >= 11 is 0. The summed E-state index contributed by atoms with van der Waals surface area (Å²) in [6.45, 7) is 4.48. The van der Waals surface area contributed by atoms with Crippen molar-refractivity contribution in [1.29, 1.82) is 0 Å². The van der Waals surface area contributed by atoms with Crippen molar-refractivity contribution in [3.05, 3.63) is 53.1 Å². The van der Waals surface area contributed by atoms with Crippen LogP contribution in [-0.4, -0.2) is 55.6 Å². The van der Waals surface area contributed by atoms with Crippen molar-refractivity contribution in [3.8, 4) is 11.5 Å². The molecule has 0 radical (unpaired) electrons. The highest BCUT2D eigenvalue weighted by Crippen LogP contribution is 2.35. The molecule has 190 valence electrons. The summed E-state index contributed by atoms with van der Waals surface area (Å²) in [4.78, 5) is 29.0. The quantitative estimate of drug-likeness (QED) is 0.602. The molecule has 0 atom stereocenters. The van der Waals surface area contributed by atoms with Crippen LogP contribution in [0.2, 0.25) is 0 Å². The topological polar surface area (TPSA) is 71.1 Å². The first kappa shape index (κ1) is 26.2. The van der Waals surface area contributed by atoms with E-state index in [0.29, 0.717) is 31.0 Å². The Morgan fingerprint density at radius 2 is 1.71 bits per heavy atom. The van der Waals surface area contributed by atoms with Crippen molar-refractivity contribution in [1.82, 2.24) is 9.80 Å². The van der Waals surface area contributed by atoms with Gasteiger partial charge in [-0.1, -0.05) is 26.0 Å². The molecule has 2 aromatic rings. The molecule has 0 spiro atoms. The van der Waals surface area contributed by atoms with E-state index in [0.717, 1.165) is 17.2 Å². The second-order valence-corrected chi connectivity index (χ2v) is 8.79. The van der Waals surface area contributed by atoms with Crippen LogP contribution in [0, 0.1) is 5.92 Å². The molecule has 10 heteroatoms. The van der Waals surface area contributed by atoms with E-state index in [1.807, 2.05) is 26.0 Å². The van der Waals surface area contributed by atoms with Crippen LogP contribution in [0.25, 0.3) is 0 Å². The number of hydrogen-bond acceptors (Lipinski definition) is 4. The molecule has 1 N–H and O–H groups in total. The molecule has 0 aliphatic carbocycles. The number of carbonyl (C=O) groups excluding carboxylic acids is 2. The number of benzene rings is 2. The van der Waals surface area contributed by atoms with Gasteiger partial charge in [0.15, 0.2) is 11.5 Å². The Morgan fingerprint density at radius 1 is 1.09 bits per heavy atom. The molecule has 1 aliphatic heterocycles. The maximum Gasteiger partial charge on any atom is 0.418 e. The van der Waals surface area contributed by atoms with Crippen LogP contribution < -0.4 is 14.8 Å². The molecule has 2 aromatic carbocycles. The summed E-state index contributed by atoms with van der Waals surface area (Å²) in [6, 6.07) is 7.74. The predicted molar refractivity (Wildman–Crippen MR) is 126 cm³/mol. The Labute approximate surface area is 202 Å². The molecule has 0 saturated heterocycles. The highest BCUT2D eigenvalue weighted by atomic mass is 19.4. The lowest BCUT2D eigenvalue weighted by atomic mass is 9.98. The fourth-order valence-corrected chi connectivity index (χ4v) is 4.05. The lowest BCUT2D eigenvalue weighted by molar-refractivity contribution is -0.137. The minimum absolute atomic E-state index is 0.00483. The number of methoxy groups -OCH3 is 2. The Balaban J connectivity index is 1.75. The van der Waals surface area contributed by atoms with Crippen LogP contribution in [0.1, 0.15) is 30.5 Å². The number of urea groups is 1. The third-order valence-corrected chi connectivity index (χ3v) is 5.74. The number of carbonyl (C=O) groups is 2. The lowest BCUT2D eigenvalue weighted by Crippen LogP contribution is -2.47. The number of para-hydroxylation sites is 1. The van der Waals surface area contributed by atoms with Gasteiger partial charge in [-0.25, -0.2) is 4.79 Å². The zero-order valence-electron chi connectivity index (χ0n) is 20.2. The van der Waals surface area contributed by atoms with Crippen molar-refractivity contribution < 1.29 is 32.2 Å². The van der Waals surface area contributed by atoms with Gasteiger partial charge in [0.1, 0.15) is 6.54 Å². The smallest absolute Gasteiger partial charge is 0.418 e. The number of ether oxygens (including phenoxy) is 2. The van der Waals surface area contributed by atoms with Gasteiger partial charge in [0, 0.05) is 19.6 Å². The summed E-state index contributed by atoms with van der Waals surface area (Å²) in [5.41, 5.74) is 0.675. The Kier molecular flexibility index (Phi) is 8.14. The van der Waals surface area contributed by atoms with E-state index in [2.05, 4.69) is 5.32 Å². The summed E-state index contributed by atoms with van der Waals surface area (Å²) in [5.74, 6) is 0.894. The van der Waals surface area contributed by atoms with Crippen LogP contribution in [0.15, 0.2) is 36.4 Å². The van der Waals surface area contributed by atoms with Crippen LogP contribution in [0.3, 0.4) is 0 Å². The van der Waals surface area contributed by atoms with Crippen LogP contribution in [0.4, 0.5) is 23.7 Å². The predicted octanol–water partition coefficient (Wildman–Crippen LogP) is 4.80. The summed E-state index contributed by atoms with van der Waals surface area (Å²) in [7, 11) is 3.10. The number of hydrogen-bond donors (Lipinski definition) is 1. The standard InChI is InChI=1S/C25H30F3N3O4/c1-16(2)13-31(24(33)29-20-8-6-5-7-19(20)25(26,27)28)15-23(32)30-10-9-17-11-21(34-3)22(35-4)12-18(17)14-30/h5-8,11-12,16H,9-10,13-15H2,1-4H3,(H,29,33). The second kappa shape index (κ2) is 10.9. The van der Waals surface area contributed by atoms with E-state index in [1.165, 1.54) is 30.2 Å². The molecule has 0 bridgehead atoms. The van der Waals surface area contributed by atoms with Crippen LogP contribution in [0.5, 0.6) is 11.5 Å². The van der Waals surface area contributed by atoms with E-state index < -0.39 is 17.8 Å². The largest absolute Gasteiger partial charge is 0.493 e. The molecule has 0 unspecified atom stereocenters. The Morgan fingerprint density at radius 3 is 2.31 bits per heavy atom. The van der Waals surface area contributed by atoms with E-state index in [9.17, 15) is 22.8 Å². The summed E-state index contributed by atoms with van der Waals surface area (Å²) < 4.78 is 50.7. The third-order valence-electron chi connectivity index (χ3n) is 5.74. The molecule has 7 nitrogen and oxygen atoms in total. The molecule has 3 rings (SSSR count). The zero-order chi connectivity index (χ0) is 25.8. The van der Waals surface area contributed by atoms with Gasteiger partial charge in [-0.3, -0.25) is 4.79 Å². The first-order valence-corrected chi connectivity index (χ1v) is 11.3.